The van der Waals surface area contributed by atoms with E-state index in [0.717, 1.165) is 11.3 Å². The van der Waals surface area contributed by atoms with Crippen molar-refractivity contribution in [1.29, 1.82) is 0 Å². The molecule has 0 unspecified atom stereocenters. The lowest BCUT2D eigenvalue weighted by molar-refractivity contribution is 0.102. The molecule has 6 nitrogen and oxygen atoms in total. The van der Waals surface area contributed by atoms with E-state index in [0.29, 0.717) is 21.9 Å². The minimum Gasteiger partial charge on any atom is -0.322 e. The number of nitrogens with zero attached hydrogens (tertiary/aromatic N) is 4. The number of hydrogen-bond acceptors (Lipinski definition) is 4. The minimum atomic E-state index is -0.259. The van der Waals surface area contributed by atoms with E-state index in [-0.39, 0.29) is 5.91 Å². The second-order valence-electron chi connectivity index (χ2n) is 5.37. The number of fused-ring (bicyclic) bond motifs is 1. The number of rotatable bonds is 3. The van der Waals surface area contributed by atoms with Crippen LogP contribution in [0.4, 0.5) is 5.69 Å². The molecule has 4 rings (SSSR count). The van der Waals surface area contributed by atoms with Gasteiger partial charge in [-0.15, -0.1) is 10.2 Å². The van der Waals surface area contributed by atoms with Crippen molar-refractivity contribution in [2.45, 2.75) is 0 Å². The van der Waals surface area contributed by atoms with Gasteiger partial charge < -0.3 is 5.32 Å². The minimum absolute atomic E-state index is 0.259. The number of aromatic nitrogens is 4. The quantitative estimate of drug-likeness (QED) is 0.612. The normalized spacial score (nSPS) is 10.8. The highest BCUT2D eigenvalue weighted by Crippen LogP contribution is 2.22. The van der Waals surface area contributed by atoms with Crippen molar-refractivity contribution in [2.75, 3.05) is 5.32 Å². The van der Waals surface area contributed by atoms with Gasteiger partial charge in [0.1, 0.15) is 6.33 Å². The van der Waals surface area contributed by atoms with Crippen molar-refractivity contribution in [1.82, 2.24) is 19.8 Å². The van der Waals surface area contributed by atoms with Crippen molar-refractivity contribution in [3.05, 3.63) is 77.6 Å². The molecule has 1 N–H and O–H groups in total. The third kappa shape index (κ3) is 3.07. The topological polar surface area (TPSA) is 72.2 Å². The average molecular weight is 350 g/mol. The van der Waals surface area contributed by atoms with Crippen LogP contribution in [0.2, 0.25) is 5.02 Å². The van der Waals surface area contributed by atoms with Crippen LogP contribution >= 0.6 is 11.6 Å². The Balaban J connectivity index is 1.63. The zero-order valence-electron chi connectivity index (χ0n) is 12.9. The number of carbonyl (C=O) groups is 1. The molecule has 0 spiro atoms. The molecule has 0 aliphatic heterocycles. The SMILES string of the molecule is O=C(Nc1cccc(-c2ccc3nncn3n2)c1)c1ccccc1Cl. The van der Waals surface area contributed by atoms with Gasteiger partial charge >= 0.3 is 0 Å². The smallest absolute Gasteiger partial charge is 0.257 e. The van der Waals surface area contributed by atoms with Gasteiger partial charge in [0.25, 0.3) is 5.91 Å². The standard InChI is InChI=1S/C18H12ClN5O/c19-15-7-2-1-6-14(15)18(25)21-13-5-3-4-12(10-13)16-8-9-17-22-20-11-24(17)23-16/h1-11H,(H,21,25). The Kier molecular flexibility index (Phi) is 3.87. The van der Waals surface area contributed by atoms with Gasteiger partial charge in [-0.05, 0) is 36.4 Å². The van der Waals surface area contributed by atoms with Crippen molar-refractivity contribution in [2.24, 2.45) is 0 Å². The number of anilines is 1. The lowest BCUT2D eigenvalue weighted by atomic mass is 10.1. The predicted octanol–water partition coefficient (Wildman–Crippen LogP) is 3.70. The molecular weight excluding hydrogens is 338 g/mol. The van der Waals surface area contributed by atoms with E-state index in [1.54, 1.807) is 35.1 Å². The van der Waals surface area contributed by atoms with Gasteiger partial charge in [0, 0.05) is 11.3 Å². The fraction of sp³-hybridized carbons (Fsp3) is 0. The highest BCUT2D eigenvalue weighted by Gasteiger charge is 2.10. The first kappa shape index (κ1) is 15.3. The molecule has 0 aliphatic carbocycles. The molecular formula is C18H12ClN5O. The second-order valence-corrected chi connectivity index (χ2v) is 5.77. The molecule has 0 saturated heterocycles. The first-order valence-electron chi connectivity index (χ1n) is 7.54. The Labute approximate surface area is 148 Å². The Hall–Kier alpha value is -3.25. The van der Waals surface area contributed by atoms with Gasteiger partial charge in [-0.2, -0.15) is 9.61 Å². The second kappa shape index (κ2) is 6.33. The molecule has 4 aromatic rings. The van der Waals surface area contributed by atoms with Crippen LogP contribution in [0.3, 0.4) is 0 Å². The number of amides is 1. The Morgan fingerprint density at radius 1 is 1.04 bits per heavy atom. The molecule has 0 saturated carbocycles. The molecule has 25 heavy (non-hydrogen) atoms. The molecule has 7 heteroatoms. The molecule has 1 amide bonds. The number of carbonyl (C=O) groups excluding carboxylic acids is 1. The van der Waals surface area contributed by atoms with Gasteiger partial charge in [-0.3, -0.25) is 4.79 Å². The number of halogens is 1. The van der Waals surface area contributed by atoms with Crippen molar-refractivity contribution in [3.63, 3.8) is 0 Å². The Morgan fingerprint density at radius 2 is 1.92 bits per heavy atom. The Morgan fingerprint density at radius 3 is 2.80 bits per heavy atom. The van der Waals surface area contributed by atoms with Crippen molar-refractivity contribution in [3.8, 4) is 11.3 Å². The van der Waals surface area contributed by atoms with Crippen LogP contribution in [0, 0.1) is 0 Å². The fourth-order valence-corrected chi connectivity index (χ4v) is 2.70. The molecule has 2 aromatic carbocycles. The van der Waals surface area contributed by atoms with Crippen LogP contribution in [-0.4, -0.2) is 25.7 Å². The van der Waals surface area contributed by atoms with Crippen LogP contribution in [0.1, 0.15) is 10.4 Å². The van der Waals surface area contributed by atoms with E-state index < -0.39 is 0 Å². The summed E-state index contributed by atoms with van der Waals surface area (Å²) in [4.78, 5) is 12.4. The maximum Gasteiger partial charge on any atom is 0.257 e. The molecule has 0 radical (unpaired) electrons. The van der Waals surface area contributed by atoms with Crippen molar-refractivity contribution < 1.29 is 4.79 Å². The fourth-order valence-electron chi connectivity index (χ4n) is 2.48. The van der Waals surface area contributed by atoms with E-state index in [9.17, 15) is 4.79 Å². The zero-order valence-corrected chi connectivity index (χ0v) is 13.7. The number of hydrogen-bond donors (Lipinski definition) is 1. The van der Waals surface area contributed by atoms with Crippen LogP contribution in [0.5, 0.6) is 0 Å². The number of nitrogens with one attached hydrogen (secondary N) is 1. The van der Waals surface area contributed by atoms with E-state index in [1.165, 1.54) is 0 Å². The summed E-state index contributed by atoms with van der Waals surface area (Å²) in [5.74, 6) is -0.259. The van der Waals surface area contributed by atoms with Crippen LogP contribution in [-0.2, 0) is 0 Å². The molecule has 0 atom stereocenters. The van der Waals surface area contributed by atoms with Gasteiger partial charge in [-0.25, -0.2) is 0 Å². The summed E-state index contributed by atoms with van der Waals surface area (Å²) in [5.41, 5.74) is 3.38. The summed E-state index contributed by atoms with van der Waals surface area (Å²) in [6, 6.07) is 18.1. The van der Waals surface area contributed by atoms with Crippen LogP contribution < -0.4 is 5.32 Å². The van der Waals surface area contributed by atoms with Gasteiger partial charge in [-0.1, -0.05) is 35.9 Å². The summed E-state index contributed by atoms with van der Waals surface area (Å²) in [5, 5.41) is 15.5. The molecule has 2 aromatic heterocycles. The molecule has 0 aliphatic rings. The van der Waals surface area contributed by atoms with Gasteiger partial charge in [0.05, 0.1) is 16.3 Å². The largest absolute Gasteiger partial charge is 0.322 e. The lowest BCUT2D eigenvalue weighted by Gasteiger charge is -2.08. The maximum atomic E-state index is 12.4. The van der Waals surface area contributed by atoms with Crippen LogP contribution in [0.15, 0.2) is 67.0 Å². The van der Waals surface area contributed by atoms with E-state index in [4.69, 9.17) is 11.6 Å². The van der Waals surface area contributed by atoms with E-state index in [1.807, 2.05) is 36.4 Å². The summed E-state index contributed by atoms with van der Waals surface area (Å²) in [7, 11) is 0. The predicted molar refractivity (Wildman–Crippen MR) is 95.6 cm³/mol. The number of benzene rings is 2. The molecule has 2 heterocycles. The van der Waals surface area contributed by atoms with E-state index >= 15 is 0 Å². The maximum absolute atomic E-state index is 12.4. The third-order valence-corrected chi connectivity index (χ3v) is 4.03. The third-order valence-electron chi connectivity index (χ3n) is 3.70. The van der Waals surface area contributed by atoms with E-state index in [2.05, 4.69) is 20.6 Å². The summed E-state index contributed by atoms with van der Waals surface area (Å²) >= 11 is 6.07. The van der Waals surface area contributed by atoms with Crippen molar-refractivity contribution >= 4 is 28.8 Å². The molecule has 0 bridgehead atoms. The molecule has 0 fully saturated rings. The lowest BCUT2D eigenvalue weighted by Crippen LogP contribution is -2.12. The van der Waals surface area contributed by atoms with Gasteiger partial charge in [0.15, 0.2) is 5.65 Å². The highest BCUT2D eigenvalue weighted by atomic mass is 35.5. The summed E-state index contributed by atoms with van der Waals surface area (Å²) < 4.78 is 1.60. The highest BCUT2D eigenvalue weighted by molar-refractivity contribution is 6.34. The van der Waals surface area contributed by atoms with Crippen LogP contribution in [0.25, 0.3) is 16.9 Å². The first-order valence-corrected chi connectivity index (χ1v) is 7.92. The average Bonchev–Trinajstić information content (AvgIpc) is 3.10. The zero-order chi connectivity index (χ0) is 17.2. The first-order chi connectivity index (χ1) is 12.2. The Bertz CT molecular complexity index is 1080. The summed E-state index contributed by atoms with van der Waals surface area (Å²) in [6.45, 7) is 0. The van der Waals surface area contributed by atoms with Gasteiger partial charge in [0.2, 0.25) is 0 Å². The monoisotopic (exact) mass is 349 g/mol. The summed E-state index contributed by atoms with van der Waals surface area (Å²) in [6.07, 6.45) is 1.54. The molecule has 122 valence electrons.